The average molecular weight is 287 g/mol. The summed E-state index contributed by atoms with van der Waals surface area (Å²) in [5, 5.41) is 18.8. The fourth-order valence-corrected chi connectivity index (χ4v) is 2.08. The second-order valence-corrected chi connectivity index (χ2v) is 4.31. The predicted octanol–water partition coefficient (Wildman–Crippen LogP) is -1.64. The zero-order valence-corrected chi connectivity index (χ0v) is 12.9. The van der Waals surface area contributed by atoms with E-state index in [0.717, 1.165) is 5.56 Å². The summed E-state index contributed by atoms with van der Waals surface area (Å²) < 4.78 is 15.9. The Hall–Kier alpha value is -1.05. The molecule has 2 aliphatic heterocycles. The molecule has 0 bridgehead atoms. The molecule has 0 amide bonds. The molecule has 1 fully saturated rings. The van der Waals surface area contributed by atoms with E-state index in [4.69, 9.17) is 14.2 Å². The second-order valence-electron chi connectivity index (χ2n) is 4.31. The minimum absolute atomic E-state index is 0. The van der Waals surface area contributed by atoms with E-state index in [1.54, 1.807) is 0 Å². The van der Waals surface area contributed by atoms with Crippen molar-refractivity contribution < 1.29 is 58.8 Å². The molecule has 20 heavy (non-hydrogen) atoms. The van der Waals surface area contributed by atoms with Crippen LogP contribution in [0.5, 0.6) is 0 Å². The molecule has 0 aromatic heterocycles. The molecule has 1 saturated heterocycles. The number of ether oxygens (including phenoxy) is 3. The molecule has 0 aliphatic carbocycles. The third-order valence-corrected chi connectivity index (χ3v) is 3.06. The van der Waals surface area contributed by atoms with E-state index in [0.29, 0.717) is 0 Å². The Morgan fingerprint density at radius 2 is 1.85 bits per heavy atom. The SMILES string of the molecule is O=C1OC(C2COC(c3ccccc3)O2)C(O)=C1O.[Na+]. The van der Waals surface area contributed by atoms with Crippen molar-refractivity contribution in [3.8, 4) is 0 Å². The molecule has 3 atom stereocenters. The van der Waals surface area contributed by atoms with Gasteiger partial charge in [-0.1, -0.05) is 30.3 Å². The van der Waals surface area contributed by atoms with E-state index in [1.807, 2.05) is 30.3 Å². The maximum absolute atomic E-state index is 11.1. The first kappa shape index (κ1) is 15.3. The van der Waals surface area contributed by atoms with Crippen LogP contribution >= 0.6 is 0 Å². The molecule has 2 aliphatic rings. The van der Waals surface area contributed by atoms with Crippen molar-refractivity contribution in [2.24, 2.45) is 0 Å². The molecule has 3 rings (SSSR count). The van der Waals surface area contributed by atoms with Crippen LogP contribution in [-0.4, -0.2) is 35.0 Å². The van der Waals surface area contributed by atoms with Gasteiger partial charge in [-0.05, 0) is 0 Å². The topological polar surface area (TPSA) is 85.2 Å². The number of carbonyl (C=O) groups excluding carboxylic acids is 1. The summed E-state index contributed by atoms with van der Waals surface area (Å²) in [6, 6.07) is 9.28. The monoisotopic (exact) mass is 287 g/mol. The fraction of sp³-hybridized carbons (Fsp3) is 0.308. The number of carbonyl (C=O) groups is 1. The van der Waals surface area contributed by atoms with E-state index in [2.05, 4.69) is 0 Å². The van der Waals surface area contributed by atoms with Crippen molar-refractivity contribution in [1.82, 2.24) is 0 Å². The van der Waals surface area contributed by atoms with Crippen LogP contribution in [0.1, 0.15) is 11.9 Å². The van der Waals surface area contributed by atoms with Crippen molar-refractivity contribution in [3.05, 3.63) is 47.4 Å². The summed E-state index contributed by atoms with van der Waals surface area (Å²) in [5.74, 6) is -2.22. The normalized spacial score (nSPS) is 29.2. The molecule has 0 radical (unpaired) electrons. The Morgan fingerprint density at radius 1 is 1.15 bits per heavy atom. The molecule has 2 N–H and O–H groups in total. The van der Waals surface area contributed by atoms with Crippen LogP contribution in [0.15, 0.2) is 41.9 Å². The molecule has 7 heteroatoms. The van der Waals surface area contributed by atoms with Gasteiger partial charge in [-0.2, -0.15) is 0 Å². The van der Waals surface area contributed by atoms with Gasteiger partial charge in [-0.25, -0.2) is 4.79 Å². The van der Waals surface area contributed by atoms with Gasteiger partial charge in [0.2, 0.25) is 5.76 Å². The molecular weight excluding hydrogens is 275 g/mol. The number of rotatable bonds is 2. The Kier molecular flexibility index (Phi) is 4.72. The van der Waals surface area contributed by atoms with Crippen molar-refractivity contribution >= 4 is 5.97 Å². The summed E-state index contributed by atoms with van der Waals surface area (Å²) in [5.41, 5.74) is 0.835. The molecule has 3 unspecified atom stereocenters. The summed E-state index contributed by atoms with van der Waals surface area (Å²) in [6.45, 7) is 0.162. The minimum atomic E-state index is -1.01. The maximum Gasteiger partial charge on any atom is 1.00 e. The average Bonchev–Trinajstić information content (AvgIpc) is 3.01. The van der Waals surface area contributed by atoms with Gasteiger partial charge in [0, 0.05) is 5.56 Å². The number of aliphatic hydroxyl groups is 2. The number of cyclic esters (lactones) is 1. The molecule has 6 nitrogen and oxygen atoms in total. The number of aliphatic hydroxyl groups excluding tert-OH is 2. The van der Waals surface area contributed by atoms with Gasteiger partial charge >= 0.3 is 35.5 Å². The third-order valence-electron chi connectivity index (χ3n) is 3.06. The van der Waals surface area contributed by atoms with Crippen molar-refractivity contribution in [3.63, 3.8) is 0 Å². The zero-order chi connectivity index (χ0) is 13.4. The van der Waals surface area contributed by atoms with Gasteiger partial charge in [0.15, 0.2) is 18.2 Å². The minimum Gasteiger partial charge on any atom is -0.505 e. The van der Waals surface area contributed by atoms with E-state index in [-0.39, 0.29) is 36.2 Å². The van der Waals surface area contributed by atoms with E-state index >= 15 is 0 Å². The standard InChI is InChI=1S/C13H12O6.Na/c14-9-10(15)12(16)19-11(9)8-6-17-13(18-8)7-4-2-1-3-5-7;/h1-5,8,11,13-15H,6H2;/q;+1. The van der Waals surface area contributed by atoms with Crippen LogP contribution in [0.2, 0.25) is 0 Å². The first-order valence-corrected chi connectivity index (χ1v) is 5.82. The molecule has 1 aromatic rings. The van der Waals surface area contributed by atoms with Gasteiger partial charge in [0.05, 0.1) is 6.61 Å². The summed E-state index contributed by atoms with van der Waals surface area (Å²) in [4.78, 5) is 11.1. The van der Waals surface area contributed by atoms with Crippen LogP contribution in [0.25, 0.3) is 0 Å². The van der Waals surface area contributed by atoms with Gasteiger partial charge in [0.1, 0.15) is 6.10 Å². The van der Waals surface area contributed by atoms with Crippen molar-refractivity contribution in [1.29, 1.82) is 0 Å². The molecule has 1 aromatic carbocycles. The molecule has 2 heterocycles. The van der Waals surface area contributed by atoms with Crippen LogP contribution in [0.4, 0.5) is 0 Å². The zero-order valence-electron chi connectivity index (χ0n) is 10.9. The Morgan fingerprint density at radius 3 is 2.45 bits per heavy atom. The summed E-state index contributed by atoms with van der Waals surface area (Å²) in [7, 11) is 0. The Balaban J connectivity index is 0.00000147. The quantitative estimate of drug-likeness (QED) is 0.501. The van der Waals surface area contributed by atoms with Crippen molar-refractivity contribution in [2.75, 3.05) is 6.61 Å². The smallest absolute Gasteiger partial charge is 0.505 e. The Bertz CT molecular complexity index is 529. The Labute approximate surface area is 137 Å². The fourth-order valence-electron chi connectivity index (χ4n) is 2.08. The van der Waals surface area contributed by atoms with E-state index in [1.165, 1.54) is 0 Å². The maximum atomic E-state index is 11.1. The first-order valence-electron chi connectivity index (χ1n) is 5.82. The number of esters is 1. The predicted molar refractivity (Wildman–Crippen MR) is 62.2 cm³/mol. The van der Waals surface area contributed by atoms with Crippen LogP contribution in [0, 0.1) is 0 Å². The molecule has 0 saturated carbocycles. The van der Waals surface area contributed by atoms with Gasteiger partial charge in [0.25, 0.3) is 0 Å². The van der Waals surface area contributed by atoms with Crippen LogP contribution in [0.3, 0.4) is 0 Å². The summed E-state index contributed by atoms with van der Waals surface area (Å²) in [6.07, 6.45) is -2.22. The van der Waals surface area contributed by atoms with Gasteiger partial charge in [-0.3, -0.25) is 0 Å². The van der Waals surface area contributed by atoms with Crippen LogP contribution < -0.4 is 29.6 Å². The summed E-state index contributed by atoms with van der Waals surface area (Å²) >= 11 is 0. The third kappa shape index (κ3) is 2.70. The number of hydrogen-bond donors (Lipinski definition) is 2. The number of hydrogen-bond acceptors (Lipinski definition) is 6. The van der Waals surface area contributed by atoms with E-state index < -0.39 is 36.0 Å². The van der Waals surface area contributed by atoms with Gasteiger partial charge in [-0.15, -0.1) is 0 Å². The van der Waals surface area contributed by atoms with E-state index in [9.17, 15) is 15.0 Å². The molecule has 100 valence electrons. The molecular formula is C13H12NaO6+. The first-order chi connectivity index (χ1) is 9.16. The van der Waals surface area contributed by atoms with Crippen molar-refractivity contribution in [2.45, 2.75) is 18.5 Å². The number of benzene rings is 1. The van der Waals surface area contributed by atoms with Gasteiger partial charge < -0.3 is 24.4 Å². The molecule has 0 spiro atoms. The largest absolute Gasteiger partial charge is 1.00 e. The second kappa shape index (κ2) is 6.15. The van der Waals surface area contributed by atoms with Crippen LogP contribution in [-0.2, 0) is 19.0 Å².